The average Bonchev–Trinajstić information content (AvgIpc) is 3.49. The van der Waals surface area contributed by atoms with Gasteiger partial charge in [-0.1, -0.05) is 48.5 Å². The zero-order chi connectivity index (χ0) is 21.2. The Balaban J connectivity index is 1.55. The number of hydrogen-bond donors (Lipinski definition) is 0. The van der Waals surface area contributed by atoms with Gasteiger partial charge in [0.25, 0.3) is 0 Å². The predicted octanol–water partition coefficient (Wildman–Crippen LogP) is 5.27. The first-order chi connectivity index (χ1) is 15.2. The van der Waals surface area contributed by atoms with E-state index >= 15 is 0 Å². The third-order valence-electron chi connectivity index (χ3n) is 5.44. The Morgan fingerprint density at radius 3 is 2.74 bits per heavy atom. The molecule has 1 aliphatic heterocycles. The lowest BCUT2D eigenvalue weighted by Gasteiger charge is -2.24. The molecule has 1 saturated heterocycles. The number of carbonyl (C=O) groups is 1. The van der Waals surface area contributed by atoms with Gasteiger partial charge in [-0.2, -0.15) is 0 Å². The Hall–Kier alpha value is -3.32. The van der Waals surface area contributed by atoms with Gasteiger partial charge in [0, 0.05) is 22.9 Å². The van der Waals surface area contributed by atoms with Gasteiger partial charge in [0.05, 0.1) is 23.9 Å². The quantitative estimate of drug-likeness (QED) is 0.402. The van der Waals surface area contributed by atoms with E-state index in [-0.39, 0.29) is 12.0 Å². The van der Waals surface area contributed by atoms with Crippen LogP contribution in [-0.4, -0.2) is 34.1 Å². The van der Waals surface area contributed by atoms with E-state index in [1.807, 2.05) is 36.4 Å². The van der Waals surface area contributed by atoms with Gasteiger partial charge in [0.15, 0.2) is 5.69 Å². The third-order valence-corrected chi connectivity index (χ3v) is 6.39. The molecule has 0 radical (unpaired) electrons. The normalized spacial score (nSPS) is 16.0. The first kappa shape index (κ1) is 19.6. The Labute approximate surface area is 184 Å². The predicted molar refractivity (Wildman–Crippen MR) is 122 cm³/mol. The fourth-order valence-corrected chi connectivity index (χ4v) is 4.95. The summed E-state index contributed by atoms with van der Waals surface area (Å²) in [6, 6.07) is 18.4. The molecule has 2 aromatic heterocycles. The molecule has 7 heteroatoms. The van der Waals surface area contributed by atoms with Crippen LogP contribution < -0.4 is 4.90 Å². The van der Waals surface area contributed by atoms with Crippen LogP contribution in [0.1, 0.15) is 41.3 Å². The lowest BCUT2D eigenvalue weighted by molar-refractivity contribution is 0.0520. The number of ether oxygens (including phenoxy) is 1. The van der Waals surface area contributed by atoms with Gasteiger partial charge >= 0.3 is 5.97 Å². The zero-order valence-electron chi connectivity index (χ0n) is 17.2. The van der Waals surface area contributed by atoms with Crippen molar-refractivity contribution in [3.05, 3.63) is 70.7 Å². The van der Waals surface area contributed by atoms with Crippen LogP contribution in [0.3, 0.4) is 0 Å². The van der Waals surface area contributed by atoms with Crippen LogP contribution in [0.4, 0.5) is 5.95 Å². The number of esters is 1. The Bertz CT molecular complexity index is 1220. The van der Waals surface area contributed by atoms with E-state index in [1.54, 1.807) is 12.3 Å². The number of hydrogen-bond acceptors (Lipinski definition) is 7. The highest BCUT2D eigenvalue weighted by atomic mass is 32.1. The largest absolute Gasteiger partial charge is 0.461 e. The molecule has 1 unspecified atom stereocenters. The van der Waals surface area contributed by atoms with E-state index in [4.69, 9.17) is 14.7 Å². The Morgan fingerprint density at radius 1 is 1.10 bits per heavy atom. The zero-order valence-corrected chi connectivity index (χ0v) is 18.0. The lowest BCUT2D eigenvalue weighted by Crippen LogP contribution is -2.25. The molecule has 1 fully saturated rings. The fraction of sp³-hybridized carbons (Fsp3) is 0.250. The Kier molecular flexibility index (Phi) is 5.34. The minimum atomic E-state index is -0.372. The molecule has 0 N–H and O–H groups in total. The van der Waals surface area contributed by atoms with Crippen molar-refractivity contribution in [1.82, 2.24) is 15.0 Å². The molecule has 5 rings (SSSR count). The molecule has 1 atom stereocenters. The van der Waals surface area contributed by atoms with Gasteiger partial charge in [-0.3, -0.25) is 0 Å². The van der Waals surface area contributed by atoms with Gasteiger partial charge in [-0.25, -0.2) is 19.7 Å². The van der Waals surface area contributed by atoms with E-state index in [2.05, 4.69) is 28.1 Å². The molecule has 0 saturated carbocycles. The number of fused-ring (bicyclic) bond motifs is 1. The minimum Gasteiger partial charge on any atom is -0.461 e. The van der Waals surface area contributed by atoms with Crippen LogP contribution in [0.5, 0.6) is 0 Å². The van der Waals surface area contributed by atoms with Crippen LogP contribution in [0, 0.1) is 0 Å². The van der Waals surface area contributed by atoms with Gasteiger partial charge in [0.1, 0.15) is 5.01 Å². The number of para-hydroxylation sites is 1. The second-order valence-corrected chi connectivity index (χ2v) is 8.29. The maximum atomic E-state index is 12.1. The van der Waals surface area contributed by atoms with Crippen LogP contribution in [-0.2, 0) is 4.74 Å². The SMILES string of the molecule is CCOC(=O)c1csc(C2CCCN2c2nc(-c3ccccc3)c3ccccc3n2)n1. The molecule has 0 spiro atoms. The van der Waals surface area contributed by atoms with Crippen LogP contribution in [0.15, 0.2) is 60.0 Å². The molecule has 0 amide bonds. The van der Waals surface area contributed by atoms with Gasteiger partial charge in [-0.05, 0) is 25.8 Å². The first-order valence-corrected chi connectivity index (χ1v) is 11.3. The molecule has 3 heterocycles. The summed E-state index contributed by atoms with van der Waals surface area (Å²) in [4.78, 5) is 28.7. The topological polar surface area (TPSA) is 68.2 Å². The number of nitrogens with zero attached hydrogens (tertiary/aromatic N) is 4. The van der Waals surface area contributed by atoms with Crippen molar-refractivity contribution in [2.75, 3.05) is 18.1 Å². The summed E-state index contributed by atoms with van der Waals surface area (Å²) < 4.78 is 5.10. The van der Waals surface area contributed by atoms with E-state index in [9.17, 15) is 4.79 Å². The van der Waals surface area contributed by atoms with Gasteiger partial charge in [0.2, 0.25) is 5.95 Å². The fourth-order valence-electron chi connectivity index (χ4n) is 4.01. The summed E-state index contributed by atoms with van der Waals surface area (Å²) in [6.45, 7) is 2.99. The summed E-state index contributed by atoms with van der Waals surface area (Å²) in [5.41, 5.74) is 3.29. The summed E-state index contributed by atoms with van der Waals surface area (Å²) in [5, 5.41) is 3.71. The molecule has 31 heavy (non-hydrogen) atoms. The summed E-state index contributed by atoms with van der Waals surface area (Å²) >= 11 is 1.49. The molecular weight excluding hydrogens is 408 g/mol. The maximum absolute atomic E-state index is 12.1. The first-order valence-electron chi connectivity index (χ1n) is 10.5. The molecule has 6 nitrogen and oxygen atoms in total. The summed E-state index contributed by atoms with van der Waals surface area (Å²) in [5.74, 6) is 0.329. The van der Waals surface area contributed by atoms with E-state index in [0.29, 0.717) is 18.2 Å². The second-order valence-electron chi connectivity index (χ2n) is 7.40. The molecule has 2 aromatic carbocycles. The van der Waals surface area contributed by atoms with Crippen molar-refractivity contribution in [3.8, 4) is 11.3 Å². The molecular formula is C24H22N4O2S. The molecule has 1 aliphatic rings. The number of aromatic nitrogens is 3. The molecule has 156 valence electrons. The van der Waals surface area contributed by atoms with Crippen LogP contribution in [0.25, 0.3) is 22.2 Å². The average molecular weight is 431 g/mol. The highest BCUT2D eigenvalue weighted by Crippen LogP contribution is 2.38. The maximum Gasteiger partial charge on any atom is 0.357 e. The standard InChI is InChI=1S/C24H22N4O2S/c1-2-30-23(29)19-15-31-22(25-19)20-13-8-14-28(20)24-26-18-12-7-6-11-17(18)21(27-24)16-9-4-3-5-10-16/h3-7,9-12,15,20H,2,8,13-14H2,1H3. The van der Waals surface area contributed by atoms with Crippen LogP contribution in [0.2, 0.25) is 0 Å². The van der Waals surface area contributed by atoms with Gasteiger partial charge < -0.3 is 9.64 Å². The number of anilines is 1. The third kappa shape index (κ3) is 3.77. The number of rotatable bonds is 5. The van der Waals surface area contributed by atoms with Crippen molar-refractivity contribution in [2.45, 2.75) is 25.8 Å². The molecule has 4 aromatic rings. The molecule has 0 bridgehead atoms. The van der Waals surface area contributed by atoms with E-state index in [0.717, 1.165) is 46.6 Å². The smallest absolute Gasteiger partial charge is 0.357 e. The van der Waals surface area contributed by atoms with Crippen molar-refractivity contribution in [2.24, 2.45) is 0 Å². The summed E-state index contributed by atoms with van der Waals surface area (Å²) in [7, 11) is 0. The summed E-state index contributed by atoms with van der Waals surface area (Å²) in [6.07, 6.45) is 1.97. The van der Waals surface area contributed by atoms with Crippen molar-refractivity contribution in [1.29, 1.82) is 0 Å². The molecule has 0 aliphatic carbocycles. The van der Waals surface area contributed by atoms with Gasteiger partial charge in [-0.15, -0.1) is 11.3 Å². The number of benzene rings is 2. The second kappa shape index (κ2) is 8.43. The highest BCUT2D eigenvalue weighted by Gasteiger charge is 2.31. The lowest BCUT2D eigenvalue weighted by atomic mass is 10.1. The monoisotopic (exact) mass is 430 g/mol. The van der Waals surface area contributed by atoms with E-state index < -0.39 is 0 Å². The number of thiazole rings is 1. The van der Waals surface area contributed by atoms with Crippen molar-refractivity contribution in [3.63, 3.8) is 0 Å². The highest BCUT2D eigenvalue weighted by molar-refractivity contribution is 7.10. The number of carbonyl (C=O) groups excluding carboxylic acids is 1. The van der Waals surface area contributed by atoms with Crippen molar-refractivity contribution >= 4 is 34.2 Å². The Morgan fingerprint density at radius 2 is 1.90 bits per heavy atom. The van der Waals surface area contributed by atoms with Crippen molar-refractivity contribution < 1.29 is 9.53 Å². The van der Waals surface area contributed by atoms with Crippen LogP contribution >= 0.6 is 11.3 Å². The minimum absolute atomic E-state index is 0.0537. The van der Waals surface area contributed by atoms with E-state index in [1.165, 1.54) is 11.3 Å².